The lowest BCUT2D eigenvalue weighted by Gasteiger charge is -2.24. The highest BCUT2D eigenvalue weighted by molar-refractivity contribution is 5.79. The Morgan fingerprint density at radius 3 is 2.52 bits per heavy atom. The number of amides is 1. The van der Waals surface area contributed by atoms with Crippen LogP contribution in [0.5, 0.6) is 5.75 Å². The molecule has 3 N–H and O–H groups in total. The van der Waals surface area contributed by atoms with E-state index in [-0.39, 0.29) is 36.8 Å². The third-order valence-electron chi connectivity index (χ3n) is 4.31. The molecular weight excluding hydrogens is 337 g/mol. The molecule has 1 aromatic carbocycles. The van der Waals surface area contributed by atoms with Gasteiger partial charge in [-0.05, 0) is 43.5 Å². The van der Waals surface area contributed by atoms with Crippen molar-refractivity contribution in [3.63, 3.8) is 0 Å². The van der Waals surface area contributed by atoms with Gasteiger partial charge in [0.25, 0.3) is 0 Å². The molecule has 0 aliphatic heterocycles. The minimum atomic E-state index is -4.40. The summed E-state index contributed by atoms with van der Waals surface area (Å²) in [5.74, 6) is 0.0624. The van der Waals surface area contributed by atoms with Gasteiger partial charge in [0.2, 0.25) is 5.91 Å². The van der Waals surface area contributed by atoms with Crippen LogP contribution in [0.2, 0.25) is 0 Å². The molecule has 0 aromatic heterocycles. The van der Waals surface area contributed by atoms with E-state index in [0.717, 1.165) is 25.0 Å². The Labute approximate surface area is 144 Å². The second-order valence-corrected chi connectivity index (χ2v) is 6.48. The van der Waals surface area contributed by atoms with Crippen molar-refractivity contribution < 1.29 is 27.8 Å². The summed E-state index contributed by atoms with van der Waals surface area (Å²) in [4.78, 5) is 13.7. The van der Waals surface area contributed by atoms with Crippen LogP contribution in [0.4, 0.5) is 13.2 Å². The zero-order valence-corrected chi connectivity index (χ0v) is 14.0. The summed E-state index contributed by atoms with van der Waals surface area (Å²) in [6.45, 7) is -0.0294. The molecule has 2 rings (SSSR count). The summed E-state index contributed by atoms with van der Waals surface area (Å²) in [5, 5.41) is 9.98. The first-order valence-electron chi connectivity index (χ1n) is 8.15. The highest BCUT2D eigenvalue weighted by Gasteiger charge is 2.31. The molecule has 8 heteroatoms. The van der Waals surface area contributed by atoms with Gasteiger partial charge in [-0.25, -0.2) is 0 Å². The molecule has 0 radical (unpaired) electrons. The van der Waals surface area contributed by atoms with Gasteiger partial charge in [0.05, 0.1) is 5.56 Å². The van der Waals surface area contributed by atoms with E-state index in [2.05, 4.69) is 0 Å². The Hall–Kier alpha value is -1.80. The van der Waals surface area contributed by atoms with E-state index in [1.165, 1.54) is 17.0 Å². The Morgan fingerprint density at radius 1 is 1.36 bits per heavy atom. The molecule has 1 saturated carbocycles. The molecule has 1 aromatic rings. The lowest BCUT2D eigenvalue weighted by Crippen LogP contribution is -2.39. The summed E-state index contributed by atoms with van der Waals surface area (Å²) >= 11 is 0. The van der Waals surface area contributed by atoms with E-state index in [1.54, 1.807) is 7.05 Å². The smallest absolute Gasteiger partial charge is 0.416 e. The number of carbonyl (C=O) groups excluding carboxylic acids is 1. The van der Waals surface area contributed by atoms with E-state index in [4.69, 9.17) is 10.5 Å². The number of halogens is 3. The fraction of sp³-hybridized carbons (Fsp3) is 0.588. The maximum atomic E-state index is 12.5. The average Bonchev–Trinajstić information content (AvgIpc) is 2.98. The quantitative estimate of drug-likeness (QED) is 0.814. The summed E-state index contributed by atoms with van der Waals surface area (Å²) in [6.07, 6.45) is -3.11. The highest BCUT2D eigenvalue weighted by Crippen LogP contribution is 2.30. The lowest BCUT2D eigenvalue weighted by molar-refractivity contribution is -0.137. The van der Waals surface area contributed by atoms with Crippen LogP contribution in [0.25, 0.3) is 0 Å². The maximum absolute atomic E-state index is 12.5. The fourth-order valence-electron chi connectivity index (χ4n) is 2.94. The van der Waals surface area contributed by atoms with Crippen LogP contribution in [0.3, 0.4) is 0 Å². The summed E-state index contributed by atoms with van der Waals surface area (Å²) in [7, 11) is 1.60. The zero-order valence-electron chi connectivity index (χ0n) is 14.0. The maximum Gasteiger partial charge on any atom is 0.416 e. The van der Waals surface area contributed by atoms with E-state index in [9.17, 15) is 23.1 Å². The Morgan fingerprint density at radius 2 is 2.00 bits per heavy atom. The summed E-state index contributed by atoms with van der Waals surface area (Å²) < 4.78 is 42.7. The summed E-state index contributed by atoms with van der Waals surface area (Å²) in [5.41, 5.74) is 5.04. The molecular formula is C17H23F3N2O3. The molecule has 1 amide bonds. The predicted molar refractivity (Wildman–Crippen MR) is 85.9 cm³/mol. The third kappa shape index (κ3) is 5.61. The van der Waals surface area contributed by atoms with Crippen molar-refractivity contribution in [3.8, 4) is 5.75 Å². The first kappa shape index (κ1) is 19.5. The van der Waals surface area contributed by atoms with Crippen LogP contribution in [0.15, 0.2) is 24.3 Å². The standard InChI is InChI=1S/C17H23F3N2O3/c1-22(16(24)11-2-5-13(21)8-11)9-14(23)10-25-15-6-3-12(4-7-15)17(18,19)20/h3-4,6-7,11,13-14,23H,2,5,8-10,21H2,1H3/t11-,13+,14-/m0/s1. The van der Waals surface area contributed by atoms with Gasteiger partial charge in [-0.15, -0.1) is 0 Å². The largest absolute Gasteiger partial charge is 0.491 e. The lowest BCUT2D eigenvalue weighted by atomic mass is 10.1. The number of benzene rings is 1. The highest BCUT2D eigenvalue weighted by atomic mass is 19.4. The van der Waals surface area contributed by atoms with Gasteiger partial charge in [0.1, 0.15) is 18.5 Å². The number of rotatable bonds is 6. The normalized spacial score (nSPS) is 21.8. The van der Waals surface area contributed by atoms with Crippen LogP contribution in [0, 0.1) is 5.92 Å². The Kier molecular flexibility index (Phi) is 6.29. The van der Waals surface area contributed by atoms with Crippen LogP contribution in [0.1, 0.15) is 24.8 Å². The van der Waals surface area contributed by atoms with E-state index in [0.29, 0.717) is 6.42 Å². The molecule has 3 atom stereocenters. The molecule has 1 fully saturated rings. The number of nitrogens with two attached hydrogens (primary N) is 1. The molecule has 0 heterocycles. The predicted octanol–water partition coefficient (Wildman–Crippen LogP) is 2.03. The first-order valence-corrected chi connectivity index (χ1v) is 8.15. The van der Waals surface area contributed by atoms with Gasteiger partial charge in [-0.3, -0.25) is 4.79 Å². The molecule has 1 aliphatic carbocycles. The minimum absolute atomic E-state index is 0.0512. The van der Waals surface area contributed by atoms with Crippen LogP contribution in [-0.2, 0) is 11.0 Å². The second-order valence-electron chi connectivity index (χ2n) is 6.48. The SMILES string of the molecule is CN(C[C@H](O)COc1ccc(C(F)(F)F)cc1)C(=O)[C@H]1CC[C@@H](N)C1. The van der Waals surface area contributed by atoms with Gasteiger partial charge in [-0.2, -0.15) is 13.2 Å². The molecule has 0 bridgehead atoms. The zero-order chi connectivity index (χ0) is 18.6. The number of nitrogens with zero attached hydrogens (tertiary/aromatic N) is 1. The minimum Gasteiger partial charge on any atom is -0.491 e. The van der Waals surface area contributed by atoms with Gasteiger partial charge >= 0.3 is 6.18 Å². The molecule has 25 heavy (non-hydrogen) atoms. The van der Waals surface area contributed by atoms with Crippen molar-refractivity contribution in [2.75, 3.05) is 20.2 Å². The number of likely N-dealkylation sites (N-methyl/N-ethyl adjacent to an activating group) is 1. The second kappa shape index (κ2) is 8.05. The van der Waals surface area contributed by atoms with E-state index >= 15 is 0 Å². The fourth-order valence-corrected chi connectivity index (χ4v) is 2.94. The Balaban J connectivity index is 1.78. The monoisotopic (exact) mass is 360 g/mol. The van der Waals surface area contributed by atoms with Gasteiger partial charge < -0.3 is 20.5 Å². The molecule has 0 saturated heterocycles. The first-order chi connectivity index (χ1) is 11.7. The average molecular weight is 360 g/mol. The molecule has 0 unspecified atom stereocenters. The van der Waals surface area contributed by atoms with Crippen molar-refractivity contribution in [1.29, 1.82) is 0 Å². The van der Waals surface area contributed by atoms with Crippen molar-refractivity contribution in [2.45, 2.75) is 37.6 Å². The van der Waals surface area contributed by atoms with E-state index in [1.807, 2.05) is 0 Å². The van der Waals surface area contributed by atoms with Crippen molar-refractivity contribution in [2.24, 2.45) is 11.7 Å². The number of carbonyl (C=O) groups is 1. The Bertz CT molecular complexity index is 577. The molecule has 0 spiro atoms. The van der Waals surface area contributed by atoms with Gasteiger partial charge in [0.15, 0.2) is 0 Å². The number of ether oxygens (including phenoxy) is 1. The number of hydrogen-bond donors (Lipinski definition) is 2. The van der Waals surface area contributed by atoms with Crippen molar-refractivity contribution in [1.82, 2.24) is 4.90 Å². The van der Waals surface area contributed by atoms with Gasteiger partial charge in [0, 0.05) is 25.6 Å². The summed E-state index contributed by atoms with van der Waals surface area (Å²) in [6, 6.07) is 4.28. The third-order valence-corrected chi connectivity index (χ3v) is 4.31. The number of aliphatic hydroxyl groups is 1. The number of aliphatic hydroxyl groups excluding tert-OH is 1. The van der Waals surface area contributed by atoms with Crippen molar-refractivity contribution >= 4 is 5.91 Å². The van der Waals surface area contributed by atoms with Crippen molar-refractivity contribution in [3.05, 3.63) is 29.8 Å². The molecule has 1 aliphatic rings. The number of hydrogen-bond acceptors (Lipinski definition) is 4. The van der Waals surface area contributed by atoms with Crippen LogP contribution >= 0.6 is 0 Å². The van der Waals surface area contributed by atoms with E-state index < -0.39 is 17.8 Å². The topological polar surface area (TPSA) is 75.8 Å². The van der Waals surface area contributed by atoms with Crippen LogP contribution in [-0.4, -0.2) is 48.3 Å². The van der Waals surface area contributed by atoms with Gasteiger partial charge in [-0.1, -0.05) is 0 Å². The molecule has 5 nitrogen and oxygen atoms in total. The number of alkyl halides is 3. The van der Waals surface area contributed by atoms with Crippen LogP contribution < -0.4 is 10.5 Å². The molecule has 140 valence electrons.